The SMILES string of the molecule is O=S(=O)(OC[C@H]1CC2CCC1CC2)c1ccc(Br)cc1. The molecule has 3 saturated carbocycles. The Labute approximate surface area is 129 Å². The van der Waals surface area contributed by atoms with E-state index in [1.807, 2.05) is 0 Å². The van der Waals surface area contributed by atoms with Gasteiger partial charge in [-0.05, 0) is 61.3 Å². The first-order valence-corrected chi connectivity index (χ1v) is 9.40. The third-order valence-corrected chi connectivity index (χ3v) is 6.56. The Morgan fingerprint density at radius 3 is 2.30 bits per heavy atom. The van der Waals surface area contributed by atoms with Gasteiger partial charge in [-0.25, -0.2) is 0 Å². The lowest BCUT2D eigenvalue weighted by atomic mass is 9.65. The van der Waals surface area contributed by atoms with E-state index < -0.39 is 10.1 Å². The van der Waals surface area contributed by atoms with Crippen LogP contribution in [0.1, 0.15) is 32.1 Å². The van der Waals surface area contributed by atoms with Crippen LogP contribution in [0.5, 0.6) is 0 Å². The van der Waals surface area contributed by atoms with Crippen molar-refractivity contribution in [3.8, 4) is 0 Å². The van der Waals surface area contributed by atoms with Crippen LogP contribution in [0.3, 0.4) is 0 Å². The molecule has 0 radical (unpaired) electrons. The maximum Gasteiger partial charge on any atom is 0.296 e. The molecular weight excluding hydrogens is 340 g/mol. The summed E-state index contributed by atoms with van der Waals surface area (Å²) in [4.78, 5) is 0.238. The zero-order chi connectivity index (χ0) is 14.2. The van der Waals surface area contributed by atoms with Crippen LogP contribution in [0.2, 0.25) is 0 Å². The fourth-order valence-corrected chi connectivity index (χ4v) is 4.79. The average molecular weight is 359 g/mol. The molecule has 3 fully saturated rings. The molecule has 3 aliphatic rings. The van der Waals surface area contributed by atoms with Gasteiger partial charge in [-0.1, -0.05) is 28.8 Å². The van der Waals surface area contributed by atoms with E-state index in [2.05, 4.69) is 15.9 Å². The monoisotopic (exact) mass is 358 g/mol. The summed E-state index contributed by atoms with van der Waals surface area (Å²) in [7, 11) is -3.61. The number of benzene rings is 1. The van der Waals surface area contributed by atoms with Gasteiger partial charge in [0, 0.05) is 4.47 Å². The second-order valence-electron chi connectivity index (χ2n) is 5.97. The van der Waals surface area contributed by atoms with Gasteiger partial charge < -0.3 is 0 Å². The fourth-order valence-electron chi connectivity index (χ4n) is 3.57. The van der Waals surface area contributed by atoms with E-state index in [4.69, 9.17) is 4.18 Å². The second kappa shape index (κ2) is 5.78. The summed E-state index contributed by atoms with van der Waals surface area (Å²) in [5.74, 6) is 1.89. The summed E-state index contributed by atoms with van der Waals surface area (Å²) in [6, 6.07) is 6.59. The van der Waals surface area contributed by atoms with E-state index in [1.165, 1.54) is 25.7 Å². The lowest BCUT2D eigenvalue weighted by molar-refractivity contribution is 0.0637. The Balaban J connectivity index is 1.64. The molecule has 1 aromatic rings. The van der Waals surface area contributed by atoms with Crippen LogP contribution in [0.15, 0.2) is 33.6 Å². The first-order chi connectivity index (χ1) is 9.54. The zero-order valence-corrected chi connectivity index (χ0v) is 13.7. The topological polar surface area (TPSA) is 43.4 Å². The number of hydrogen-bond donors (Lipinski definition) is 0. The standard InChI is InChI=1S/C15H19BrO3S/c16-14-5-7-15(8-6-14)20(17,18)19-10-13-9-11-1-3-12(13)4-2-11/h5-8,11-13H,1-4,9-10H2/t11?,12?,13-/m1/s1. The Morgan fingerprint density at radius 1 is 1.10 bits per heavy atom. The highest BCUT2D eigenvalue weighted by atomic mass is 79.9. The highest BCUT2D eigenvalue weighted by Gasteiger charge is 2.36. The van der Waals surface area contributed by atoms with E-state index >= 15 is 0 Å². The van der Waals surface area contributed by atoms with Crippen molar-refractivity contribution in [1.82, 2.24) is 0 Å². The summed E-state index contributed by atoms with van der Waals surface area (Å²) in [6.07, 6.45) is 6.27. The molecule has 0 unspecified atom stereocenters. The number of rotatable bonds is 4. The minimum Gasteiger partial charge on any atom is -0.266 e. The van der Waals surface area contributed by atoms with Crippen LogP contribution in [0.4, 0.5) is 0 Å². The smallest absolute Gasteiger partial charge is 0.266 e. The summed E-state index contributed by atoms with van der Waals surface area (Å²) in [6.45, 7) is 0.347. The Bertz CT molecular complexity index is 559. The van der Waals surface area contributed by atoms with E-state index in [0.717, 1.165) is 16.8 Å². The van der Waals surface area contributed by atoms with Crippen LogP contribution in [0.25, 0.3) is 0 Å². The Hall–Kier alpha value is -0.390. The molecule has 0 saturated heterocycles. The minimum atomic E-state index is -3.61. The van der Waals surface area contributed by atoms with Crippen molar-refractivity contribution in [2.45, 2.75) is 37.0 Å². The molecule has 5 heteroatoms. The summed E-state index contributed by atoms with van der Waals surface area (Å²) >= 11 is 3.30. The summed E-state index contributed by atoms with van der Waals surface area (Å²) in [5.41, 5.74) is 0. The predicted octanol–water partition coefficient (Wildman–Crippen LogP) is 3.98. The van der Waals surface area contributed by atoms with Crippen molar-refractivity contribution < 1.29 is 12.6 Å². The molecule has 20 heavy (non-hydrogen) atoms. The van der Waals surface area contributed by atoms with Gasteiger partial charge in [-0.15, -0.1) is 0 Å². The molecule has 0 spiro atoms. The van der Waals surface area contributed by atoms with Gasteiger partial charge in [0.05, 0.1) is 11.5 Å². The normalized spacial score (nSPS) is 29.6. The van der Waals surface area contributed by atoms with Gasteiger partial charge >= 0.3 is 0 Å². The van der Waals surface area contributed by atoms with Crippen molar-refractivity contribution in [3.05, 3.63) is 28.7 Å². The van der Waals surface area contributed by atoms with Crippen molar-refractivity contribution in [2.75, 3.05) is 6.61 Å². The average Bonchev–Trinajstić information content (AvgIpc) is 2.47. The number of hydrogen-bond acceptors (Lipinski definition) is 3. The van der Waals surface area contributed by atoms with Crippen LogP contribution >= 0.6 is 15.9 Å². The fraction of sp³-hybridized carbons (Fsp3) is 0.600. The number of halogens is 1. The first kappa shape index (κ1) is 14.5. The van der Waals surface area contributed by atoms with Crippen molar-refractivity contribution >= 4 is 26.0 Å². The van der Waals surface area contributed by atoms with Gasteiger partial charge in [0.1, 0.15) is 0 Å². The van der Waals surface area contributed by atoms with Crippen LogP contribution in [0, 0.1) is 17.8 Å². The Morgan fingerprint density at radius 2 is 1.75 bits per heavy atom. The zero-order valence-electron chi connectivity index (χ0n) is 11.3. The minimum absolute atomic E-state index is 0.238. The molecular formula is C15H19BrO3S. The van der Waals surface area contributed by atoms with Crippen LogP contribution < -0.4 is 0 Å². The van der Waals surface area contributed by atoms with Crippen molar-refractivity contribution in [3.63, 3.8) is 0 Å². The van der Waals surface area contributed by atoms with Crippen molar-refractivity contribution in [1.29, 1.82) is 0 Å². The Kier molecular flexibility index (Phi) is 4.20. The first-order valence-electron chi connectivity index (χ1n) is 7.19. The van der Waals surface area contributed by atoms with Crippen LogP contribution in [-0.4, -0.2) is 15.0 Å². The molecule has 1 atom stereocenters. The van der Waals surface area contributed by atoms with Gasteiger partial charge in [-0.2, -0.15) is 8.42 Å². The van der Waals surface area contributed by atoms with Crippen molar-refractivity contribution in [2.24, 2.45) is 17.8 Å². The van der Waals surface area contributed by atoms with Gasteiger partial charge in [0.2, 0.25) is 0 Å². The molecule has 2 bridgehead atoms. The quantitative estimate of drug-likeness (QED) is 0.764. The van der Waals surface area contributed by atoms with E-state index in [0.29, 0.717) is 18.4 Å². The van der Waals surface area contributed by atoms with Gasteiger partial charge in [0.15, 0.2) is 0 Å². The van der Waals surface area contributed by atoms with E-state index in [-0.39, 0.29) is 4.90 Å². The molecule has 3 aliphatic carbocycles. The van der Waals surface area contributed by atoms with Gasteiger partial charge in [0.25, 0.3) is 10.1 Å². The summed E-state index contributed by atoms with van der Waals surface area (Å²) in [5, 5.41) is 0. The third kappa shape index (κ3) is 3.10. The molecule has 3 nitrogen and oxygen atoms in total. The van der Waals surface area contributed by atoms with E-state index in [1.54, 1.807) is 24.3 Å². The van der Waals surface area contributed by atoms with Gasteiger partial charge in [-0.3, -0.25) is 4.18 Å². The van der Waals surface area contributed by atoms with Crippen LogP contribution in [-0.2, 0) is 14.3 Å². The predicted molar refractivity (Wildman–Crippen MR) is 80.8 cm³/mol. The maximum absolute atomic E-state index is 12.2. The third-order valence-electron chi connectivity index (χ3n) is 4.73. The largest absolute Gasteiger partial charge is 0.296 e. The number of fused-ring (bicyclic) bond motifs is 3. The molecule has 0 aliphatic heterocycles. The molecule has 0 N–H and O–H groups in total. The highest BCUT2D eigenvalue weighted by molar-refractivity contribution is 9.10. The molecule has 0 amide bonds. The molecule has 4 rings (SSSR count). The summed E-state index contributed by atoms with van der Waals surface area (Å²) < 4.78 is 30.5. The maximum atomic E-state index is 12.2. The molecule has 110 valence electrons. The molecule has 0 aromatic heterocycles. The van der Waals surface area contributed by atoms with E-state index in [9.17, 15) is 8.42 Å². The lowest BCUT2D eigenvalue weighted by Gasteiger charge is -2.42. The second-order valence-corrected chi connectivity index (χ2v) is 8.50. The lowest BCUT2D eigenvalue weighted by Crippen LogP contribution is -2.34. The molecule has 0 heterocycles. The molecule has 1 aromatic carbocycles. The highest BCUT2D eigenvalue weighted by Crippen LogP contribution is 2.45.